The molecule has 2 aromatic carbocycles. The first kappa shape index (κ1) is 50.0. The second kappa shape index (κ2) is 20.9. The van der Waals surface area contributed by atoms with Crippen molar-refractivity contribution in [1.82, 2.24) is 20.4 Å². The van der Waals surface area contributed by atoms with Gasteiger partial charge in [-0.3, -0.25) is 14.4 Å². The van der Waals surface area contributed by atoms with Gasteiger partial charge in [-0.05, 0) is 89.8 Å². The molecule has 1 heterocycles. The standard InChI is InChI=1S/C43H62N4O13S/c1-26-21-35(50)36(28-15-17-34(49)31(24-28)30-22-27(14-16-33(30)48)23-32(39(53)58-10)45-37(26)51)47(9)38(52)29(13-11-12-18-44-40(54)59-42(2,3)4)25-61(56,57)20-19-46(8)41(55)60-43(5,6)7/h14-17,22,24,26,29,32,36,48-49H,11-13,18-21,23,25H2,1-10H3,(H,44,54)(H,45,51)/t26-,29-,32+,36+/m1/s1. The van der Waals surface area contributed by atoms with Gasteiger partial charge < -0.3 is 44.9 Å². The van der Waals surface area contributed by atoms with Crippen LogP contribution in [0.2, 0.25) is 0 Å². The number of sulfone groups is 1. The molecule has 4 amide bonds. The maximum Gasteiger partial charge on any atom is 0.410 e. The highest BCUT2D eigenvalue weighted by Crippen LogP contribution is 2.39. The number of unbranched alkanes of at least 4 members (excludes halogenated alkanes) is 1. The molecule has 0 saturated heterocycles. The van der Waals surface area contributed by atoms with Gasteiger partial charge in [-0.2, -0.15) is 0 Å². The maximum atomic E-state index is 14.6. The number of likely N-dealkylation sites (N-methyl/N-ethyl adjacent to an activating group) is 1. The number of esters is 1. The molecule has 0 fully saturated rings. The Hall–Kier alpha value is -5.39. The SMILES string of the molecule is COC(=O)[C@@H]1Cc2ccc(O)c(c2)-c2cc(ccc2O)[C@H](N(C)C(=O)[C@H](CCCCNC(=O)OC(C)(C)C)CS(=O)(=O)CCN(C)C(=O)OC(C)(C)C)C(=O)C[C@@H](C)C(=O)N1. The normalized spacial score (nSPS) is 17.8. The Labute approximate surface area is 358 Å². The lowest BCUT2D eigenvalue weighted by Gasteiger charge is -2.32. The zero-order valence-corrected chi connectivity index (χ0v) is 37.6. The molecule has 0 radical (unpaired) electrons. The smallest absolute Gasteiger partial charge is 0.410 e. The van der Waals surface area contributed by atoms with Gasteiger partial charge in [0.05, 0.1) is 24.5 Å². The van der Waals surface area contributed by atoms with E-state index >= 15 is 0 Å². The molecule has 4 bridgehead atoms. The highest BCUT2D eigenvalue weighted by molar-refractivity contribution is 7.91. The van der Waals surface area contributed by atoms with E-state index in [1.807, 2.05) is 0 Å². The highest BCUT2D eigenvalue weighted by Gasteiger charge is 2.37. The maximum absolute atomic E-state index is 14.6. The van der Waals surface area contributed by atoms with Crippen LogP contribution in [0.3, 0.4) is 0 Å². The van der Waals surface area contributed by atoms with Crippen molar-refractivity contribution < 1.29 is 61.6 Å². The summed E-state index contributed by atoms with van der Waals surface area (Å²) in [6.07, 6.45) is -1.16. The molecule has 0 spiro atoms. The van der Waals surface area contributed by atoms with Crippen LogP contribution < -0.4 is 10.6 Å². The Morgan fingerprint density at radius 2 is 1.51 bits per heavy atom. The van der Waals surface area contributed by atoms with Crippen molar-refractivity contribution in [2.24, 2.45) is 11.8 Å². The summed E-state index contributed by atoms with van der Waals surface area (Å²) in [5, 5.41) is 27.3. The van der Waals surface area contributed by atoms with Crippen molar-refractivity contribution in [3.05, 3.63) is 47.5 Å². The Kier molecular flexibility index (Phi) is 17.1. The second-order valence-electron chi connectivity index (χ2n) is 17.5. The fourth-order valence-electron chi connectivity index (χ4n) is 6.69. The lowest BCUT2D eigenvalue weighted by Crippen LogP contribution is -2.46. The van der Waals surface area contributed by atoms with Crippen LogP contribution in [0.1, 0.15) is 91.3 Å². The number of phenolic OH excluding ortho intramolecular Hbond substituents is 2. The van der Waals surface area contributed by atoms with Gasteiger partial charge in [0, 0.05) is 57.1 Å². The van der Waals surface area contributed by atoms with E-state index in [4.69, 9.17) is 14.2 Å². The van der Waals surface area contributed by atoms with E-state index in [1.54, 1.807) is 47.6 Å². The van der Waals surface area contributed by atoms with E-state index < -0.39 is 98.6 Å². The van der Waals surface area contributed by atoms with Gasteiger partial charge >= 0.3 is 18.2 Å². The summed E-state index contributed by atoms with van der Waals surface area (Å²) in [6.45, 7) is 11.6. The topological polar surface area (TPSA) is 235 Å². The summed E-state index contributed by atoms with van der Waals surface area (Å²) < 4.78 is 42.9. The molecule has 1 aliphatic rings. The molecule has 17 nitrogen and oxygen atoms in total. The predicted molar refractivity (Wildman–Crippen MR) is 226 cm³/mol. The first-order valence-corrected chi connectivity index (χ1v) is 22.0. The van der Waals surface area contributed by atoms with E-state index in [-0.39, 0.29) is 60.5 Å². The van der Waals surface area contributed by atoms with Crippen molar-refractivity contribution in [2.45, 2.75) is 104 Å². The average Bonchev–Trinajstić information content (AvgIpc) is 3.15. The molecule has 61 heavy (non-hydrogen) atoms. The van der Waals surface area contributed by atoms with E-state index in [1.165, 1.54) is 51.4 Å². The quantitative estimate of drug-likeness (QED) is 0.122. The third-order valence-corrected chi connectivity index (χ3v) is 11.5. The summed E-state index contributed by atoms with van der Waals surface area (Å²) in [6, 6.07) is 6.02. The number of alkyl carbamates (subject to hydrolysis) is 1. The average molecular weight is 875 g/mol. The fourth-order valence-corrected chi connectivity index (χ4v) is 8.33. The van der Waals surface area contributed by atoms with Gasteiger partial charge in [0.2, 0.25) is 11.8 Å². The number of nitrogens with one attached hydrogen (secondary N) is 2. The number of Topliss-reactive ketones (excluding diaryl/α,β-unsaturated/α-hetero) is 1. The molecule has 18 heteroatoms. The van der Waals surface area contributed by atoms with Crippen LogP contribution in [-0.4, -0.2) is 127 Å². The minimum atomic E-state index is -4.04. The first-order valence-electron chi connectivity index (χ1n) is 20.2. The zero-order chi connectivity index (χ0) is 46.0. The number of ketones is 1. The second-order valence-corrected chi connectivity index (χ2v) is 19.7. The molecule has 4 atom stereocenters. The minimum Gasteiger partial charge on any atom is -0.507 e. The number of amides is 4. The van der Waals surface area contributed by atoms with Gasteiger partial charge in [-0.1, -0.05) is 25.5 Å². The van der Waals surface area contributed by atoms with E-state index in [0.29, 0.717) is 12.0 Å². The van der Waals surface area contributed by atoms with Crippen molar-refractivity contribution in [2.75, 3.05) is 45.8 Å². The van der Waals surface area contributed by atoms with E-state index in [9.17, 15) is 47.4 Å². The highest BCUT2D eigenvalue weighted by atomic mass is 32.2. The van der Waals surface area contributed by atoms with E-state index in [0.717, 1.165) is 16.9 Å². The van der Waals surface area contributed by atoms with Gasteiger partial charge in [0.1, 0.15) is 34.8 Å². The number of benzene rings is 2. The molecule has 0 aromatic heterocycles. The molecule has 4 N–H and O–H groups in total. The molecule has 338 valence electrons. The van der Waals surface area contributed by atoms with Crippen LogP contribution in [0.15, 0.2) is 36.4 Å². The monoisotopic (exact) mass is 874 g/mol. The molecule has 1 aliphatic heterocycles. The number of methoxy groups -OCH3 is 1. The number of carbonyl (C=O) groups is 6. The molecule has 0 unspecified atom stereocenters. The molecular weight excluding hydrogens is 813 g/mol. The molecule has 2 aromatic rings. The molecule has 3 rings (SSSR count). The van der Waals surface area contributed by atoms with Crippen molar-refractivity contribution >= 4 is 45.6 Å². The number of hydrogen-bond acceptors (Lipinski definition) is 13. The number of nitrogens with zero attached hydrogens (tertiary/aromatic N) is 2. The number of carbonyl (C=O) groups excluding carboxylic acids is 6. The number of phenols is 2. The minimum absolute atomic E-state index is 0.0242. The summed E-state index contributed by atoms with van der Waals surface area (Å²) in [5.41, 5.74) is -0.595. The summed E-state index contributed by atoms with van der Waals surface area (Å²) in [7, 11) is -0.134. The number of fused-ring (bicyclic) bond motifs is 5. The Balaban J connectivity index is 2.05. The molecule has 0 saturated carbocycles. The summed E-state index contributed by atoms with van der Waals surface area (Å²) >= 11 is 0. The van der Waals surface area contributed by atoms with Gasteiger partial charge in [0.15, 0.2) is 15.6 Å². The fraction of sp³-hybridized carbons (Fsp3) is 0.581. The van der Waals surface area contributed by atoms with Crippen LogP contribution in [0.5, 0.6) is 11.5 Å². The Bertz CT molecular complexity index is 2040. The Morgan fingerprint density at radius 3 is 2.11 bits per heavy atom. The number of aromatic hydroxyl groups is 2. The van der Waals surface area contributed by atoms with Crippen molar-refractivity contribution in [1.29, 1.82) is 0 Å². The lowest BCUT2D eigenvalue weighted by atomic mass is 9.89. The first-order chi connectivity index (χ1) is 28.2. The van der Waals surface area contributed by atoms with Gasteiger partial charge in [0.25, 0.3) is 0 Å². The number of hydrogen-bond donors (Lipinski definition) is 4. The summed E-state index contributed by atoms with van der Waals surface area (Å²) in [4.78, 5) is 82.3. The molecular formula is C43H62N4O13S. The third-order valence-electron chi connectivity index (χ3n) is 9.82. The lowest BCUT2D eigenvalue weighted by molar-refractivity contribution is -0.146. The van der Waals surface area contributed by atoms with Crippen molar-refractivity contribution in [3.8, 4) is 22.6 Å². The van der Waals surface area contributed by atoms with Crippen LogP contribution in [0.4, 0.5) is 9.59 Å². The van der Waals surface area contributed by atoms with Crippen LogP contribution in [-0.2, 0) is 49.6 Å². The Morgan fingerprint density at radius 1 is 0.902 bits per heavy atom. The van der Waals surface area contributed by atoms with Crippen LogP contribution in [0, 0.1) is 11.8 Å². The summed E-state index contributed by atoms with van der Waals surface area (Å²) in [5.74, 6) is -6.58. The van der Waals surface area contributed by atoms with Gasteiger partial charge in [-0.25, -0.2) is 22.8 Å². The number of ether oxygens (including phenoxy) is 3. The third kappa shape index (κ3) is 15.2. The molecule has 0 aliphatic carbocycles. The number of rotatable bonds is 13. The largest absolute Gasteiger partial charge is 0.507 e. The van der Waals surface area contributed by atoms with E-state index in [2.05, 4.69) is 10.6 Å². The predicted octanol–water partition coefficient (Wildman–Crippen LogP) is 4.67. The van der Waals surface area contributed by atoms with Crippen molar-refractivity contribution in [3.63, 3.8) is 0 Å². The van der Waals surface area contributed by atoms with Gasteiger partial charge in [-0.15, -0.1) is 0 Å². The van der Waals surface area contributed by atoms with Crippen LogP contribution >= 0.6 is 0 Å². The van der Waals surface area contributed by atoms with Crippen LogP contribution in [0.25, 0.3) is 11.1 Å². The zero-order valence-electron chi connectivity index (χ0n) is 36.8.